The van der Waals surface area contributed by atoms with Gasteiger partial charge in [0.1, 0.15) is 5.60 Å². The number of carbonyl (C=O) groups is 1. The highest BCUT2D eigenvalue weighted by Crippen LogP contribution is 2.30. The van der Waals surface area contributed by atoms with Crippen LogP contribution >= 0.6 is 11.8 Å². The average molecular weight is 295 g/mol. The minimum absolute atomic E-state index is 0.00933. The van der Waals surface area contributed by atoms with E-state index < -0.39 is 11.7 Å². The van der Waals surface area contributed by atoms with Crippen LogP contribution in [-0.4, -0.2) is 46.1 Å². The third kappa shape index (κ3) is 4.15. The Balaban J connectivity index is 1.94. The molecular formula is C15H21NO3S. The van der Waals surface area contributed by atoms with E-state index in [1.54, 1.807) is 16.7 Å². The topological polar surface area (TPSA) is 49.8 Å². The highest BCUT2D eigenvalue weighted by Gasteiger charge is 2.36. The summed E-state index contributed by atoms with van der Waals surface area (Å²) in [5, 5.41) is 10.1. The van der Waals surface area contributed by atoms with Crippen LogP contribution in [-0.2, 0) is 4.74 Å². The quantitative estimate of drug-likeness (QED) is 0.911. The smallest absolute Gasteiger partial charge is 0.410 e. The number of rotatable bonds is 2. The van der Waals surface area contributed by atoms with Gasteiger partial charge in [0, 0.05) is 11.4 Å². The number of β-amino-alcohol motifs (C(OH)–C–C–N with tert-alkyl or cyclic N) is 1. The molecule has 1 N–H and O–H groups in total. The van der Waals surface area contributed by atoms with Crippen LogP contribution in [0, 0.1) is 0 Å². The minimum Gasteiger partial charge on any atom is -0.444 e. The summed E-state index contributed by atoms with van der Waals surface area (Å²) in [7, 11) is 0. The molecule has 20 heavy (non-hydrogen) atoms. The van der Waals surface area contributed by atoms with Crippen molar-refractivity contribution in [1.29, 1.82) is 0 Å². The molecule has 1 saturated heterocycles. The predicted molar refractivity (Wildman–Crippen MR) is 79.9 cm³/mol. The van der Waals surface area contributed by atoms with Gasteiger partial charge >= 0.3 is 6.09 Å². The van der Waals surface area contributed by atoms with Crippen molar-refractivity contribution in [3.8, 4) is 0 Å². The lowest BCUT2D eigenvalue weighted by Crippen LogP contribution is -2.35. The van der Waals surface area contributed by atoms with E-state index in [1.807, 2.05) is 51.1 Å². The third-order valence-electron chi connectivity index (χ3n) is 2.92. The summed E-state index contributed by atoms with van der Waals surface area (Å²) in [6.45, 7) is 6.36. The molecular weight excluding hydrogens is 274 g/mol. The summed E-state index contributed by atoms with van der Waals surface area (Å²) in [4.78, 5) is 14.7. The maximum Gasteiger partial charge on any atom is 0.410 e. The second-order valence-corrected chi connectivity index (χ2v) is 7.23. The highest BCUT2D eigenvalue weighted by atomic mass is 32.2. The molecule has 0 aliphatic carbocycles. The van der Waals surface area contributed by atoms with Crippen LogP contribution in [0.1, 0.15) is 20.8 Å². The largest absolute Gasteiger partial charge is 0.444 e. The van der Waals surface area contributed by atoms with Crippen LogP contribution in [0.3, 0.4) is 0 Å². The summed E-state index contributed by atoms with van der Waals surface area (Å²) in [5.41, 5.74) is -0.507. The van der Waals surface area contributed by atoms with E-state index in [0.29, 0.717) is 13.1 Å². The van der Waals surface area contributed by atoms with E-state index in [4.69, 9.17) is 4.74 Å². The zero-order chi connectivity index (χ0) is 14.8. The van der Waals surface area contributed by atoms with Gasteiger partial charge < -0.3 is 14.7 Å². The van der Waals surface area contributed by atoms with Crippen molar-refractivity contribution in [2.24, 2.45) is 0 Å². The Morgan fingerprint density at radius 1 is 1.30 bits per heavy atom. The molecule has 0 bridgehead atoms. The molecule has 4 nitrogen and oxygen atoms in total. The molecule has 0 spiro atoms. The molecule has 2 rings (SSSR count). The first-order valence-electron chi connectivity index (χ1n) is 6.73. The molecule has 110 valence electrons. The van der Waals surface area contributed by atoms with Crippen LogP contribution in [0.5, 0.6) is 0 Å². The molecule has 1 aliphatic rings. The fraction of sp³-hybridized carbons (Fsp3) is 0.533. The number of aliphatic hydroxyl groups excluding tert-OH is 1. The zero-order valence-electron chi connectivity index (χ0n) is 12.1. The summed E-state index contributed by atoms with van der Waals surface area (Å²) >= 11 is 1.60. The number of nitrogens with zero attached hydrogens (tertiary/aromatic N) is 1. The van der Waals surface area contributed by atoms with Crippen molar-refractivity contribution in [1.82, 2.24) is 4.90 Å². The van der Waals surface area contributed by atoms with Crippen molar-refractivity contribution in [3.63, 3.8) is 0 Å². The lowest BCUT2D eigenvalue weighted by molar-refractivity contribution is 0.0270. The Hall–Kier alpha value is -1.20. The molecule has 1 aromatic rings. The number of carbonyl (C=O) groups excluding carboxylic acids is 1. The molecule has 0 aromatic heterocycles. The number of benzene rings is 1. The van der Waals surface area contributed by atoms with Gasteiger partial charge in [-0.1, -0.05) is 18.2 Å². The summed E-state index contributed by atoms with van der Waals surface area (Å²) in [5.74, 6) is 0. The molecule has 0 saturated carbocycles. The van der Waals surface area contributed by atoms with Gasteiger partial charge in [-0.15, -0.1) is 11.8 Å². The van der Waals surface area contributed by atoms with Gasteiger partial charge in [0.25, 0.3) is 0 Å². The van der Waals surface area contributed by atoms with E-state index in [-0.39, 0.29) is 11.3 Å². The second kappa shape index (κ2) is 6.06. The van der Waals surface area contributed by atoms with Crippen molar-refractivity contribution in [2.75, 3.05) is 13.1 Å². The summed E-state index contributed by atoms with van der Waals surface area (Å²) < 4.78 is 5.34. The lowest BCUT2D eigenvalue weighted by Gasteiger charge is -2.24. The number of amides is 1. The summed E-state index contributed by atoms with van der Waals surface area (Å²) in [6.07, 6.45) is -0.875. The summed E-state index contributed by atoms with van der Waals surface area (Å²) in [6, 6.07) is 9.91. The molecule has 1 fully saturated rings. The van der Waals surface area contributed by atoms with Crippen molar-refractivity contribution < 1.29 is 14.6 Å². The van der Waals surface area contributed by atoms with Gasteiger partial charge in [0.15, 0.2) is 0 Å². The van der Waals surface area contributed by atoms with E-state index in [0.717, 1.165) is 4.90 Å². The van der Waals surface area contributed by atoms with E-state index in [9.17, 15) is 9.90 Å². The molecule has 0 radical (unpaired) electrons. The molecule has 1 amide bonds. The van der Waals surface area contributed by atoms with Crippen LogP contribution in [0.15, 0.2) is 35.2 Å². The third-order valence-corrected chi connectivity index (χ3v) is 4.23. The molecule has 0 unspecified atom stereocenters. The molecule has 5 heteroatoms. The Bertz CT molecular complexity index is 458. The Kier molecular flexibility index (Phi) is 4.60. The minimum atomic E-state index is -0.521. The molecule has 1 aromatic carbocycles. The highest BCUT2D eigenvalue weighted by molar-refractivity contribution is 8.00. The molecule has 1 aliphatic heterocycles. The van der Waals surface area contributed by atoms with Crippen molar-refractivity contribution >= 4 is 17.9 Å². The number of likely N-dealkylation sites (tertiary alicyclic amines) is 1. The molecule has 1 heterocycles. The van der Waals surface area contributed by atoms with Gasteiger partial charge in [-0.05, 0) is 32.9 Å². The van der Waals surface area contributed by atoms with Crippen molar-refractivity contribution in [2.45, 2.75) is 42.6 Å². The Labute approximate surface area is 124 Å². The maximum atomic E-state index is 12.0. The van der Waals surface area contributed by atoms with Gasteiger partial charge in [0.2, 0.25) is 0 Å². The van der Waals surface area contributed by atoms with Crippen LogP contribution < -0.4 is 0 Å². The van der Waals surface area contributed by atoms with Crippen LogP contribution in [0.25, 0.3) is 0 Å². The Morgan fingerprint density at radius 2 is 1.95 bits per heavy atom. The molecule has 2 atom stereocenters. The Morgan fingerprint density at radius 3 is 2.55 bits per heavy atom. The monoisotopic (exact) mass is 295 g/mol. The standard InChI is InChI=1S/C15H21NO3S/c1-15(2,3)19-14(18)16-9-12(17)13(10-16)20-11-7-5-4-6-8-11/h4-8,12-13,17H,9-10H2,1-3H3/t12-,13-/m0/s1. The average Bonchev–Trinajstić information content (AvgIpc) is 2.70. The van der Waals surface area contributed by atoms with Gasteiger partial charge in [0.05, 0.1) is 17.9 Å². The zero-order valence-corrected chi connectivity index (χ0v) is 12.9. The lowest BCUT2D eigenvalue weighted by atomic mass is 10.2. The second-order valence-electron chi connectivity index (χ2n) is 5.92. The van der Waals surface area contributed by atoms with E-state index >= 15 is 0 Å². The van der Waals surface area contributed by atoms with Gasteiger partial charge in [-0.25, -0.2) is 4.79 Å². The van der Waals surface area contributed by atoms with Gasteiger partial charge in [-0.3, -0.25) is 0 Å². The number of thioether (sulfide) groups is 1. The van der Waals surface area contributed by atoms with Gasteiger partial charge in [-0.2, -0.15) is 0 Å². The fourth-order valence-corrected chi connectivity index (χ4v) is 3.18. The van der Waals surface area contributed by atoms with Crippen LogP contribution in [0.2, 0.25) is 0 Å². The number of hydrogen-bond acceptors (Lipinski definition) is 4. The number of ether oxygens (including phenoxy) is 1. The first-order chi connectivity index (χ1) is 9.35. The van der Waals surface area contributed by atoms with Crippen molar-refractivity contribution in [3.05, 3.63) is 30.3 Å². The first-order valence-corrected chi connectivity index (χ1v) is 7.61. The van der Waals surface area contributed by atoms with E-state index in [2.05, 4.69) is 0 Å². The fourth-order valence-electron chi connectivity index (χ4n) is 2.02. The van der Waals surface area contributed by atoms with Crippen LogP contribution in [0.4, 0.5) is 4.79 Å². The maximum absolute atomic E-state index is 12.0. The number of hydrogen-bond donors (Lipinski definition) is 1. The normalized spacial score (nSPS) is 22.9. The predicted octanol–water partition coefficient (Wildman–Crippen LogP) is 2.76. The number of aliphatic hydroxyl groups is 1. The van der Waals surface area contributed by atoms with E-state index in [1.165, 1.54) is 0 Å². The SMILES string of the molecule is CC(C)(C)OC(=O)N1C[C@H](Sc2ccccc2)[C@@H](O)C1. The first kappa shape index (κ1) is 15.2.